The van der Waals surface area contributed by atoms with Crippen LogP contribution in [0.3, 0.4) is 0 Å². The van der Waals surface area contributed by atoms with Crippen LogP contribution in [0.5, 0.6) is 0 Å². The molecule has 4 rings (SSSR count). The highest BCUT2D eigenvalue weighted by Crippen LogP contribution is 2.32. The number of nitrogens with zero attached hydrogens (tertiary/aromatic N) is 2. The number of halogens is 1. The number of carbonyl (C=O) groups excluding carboxylic acids is 1. The Labute approximate surface area is 163 Å². The number of amides is 1. The Hall–Kier alpha value is -2.38. The molecule has 0 radical (unpaired) electrons. The minimum absolute atomic E-state index is 0.201. The van der Waals surface area contributed by atoms with Gasteiger partial charge in [0, 0.05) is 4.47 Å². The molecule has 0 aliphatic carbocycles. The summed E-state index contributed by atoms with van der Waals surface area (Å²) < 4.78 is 12.7. The van der Waals surface area contributed by atoms with Crippen molar-refractivity contribution in [2.75, 3.05) is 18.1 Å². The predicted octanol–water partition coefficient (Wildman–Crippen LogP) is 4.48. The molecular formula is C19H15BrN2O3S. The van der Waals surface area contributed by atoms with Gasteiger partial charge in [-0.15, -0.1) is 0 Å². The maximum atomic E-state index is 13.1. The summed E-state index contributed by atoms with van der Waals surface area (Å²) in [4.78, 5) is 19.3. The molecule has 0 atom stereocenters. The summed E-state index contributed by atoms with van der Waals surface area (Å²) in [5.74, 6) is -0.0562. The van der Waals surface area contributed by atoms with Crippen LogP contribution in [0.15, 0.2) is 65.0 Å². The van der Waals surface area contributed by atoms with Gasteiger partial charge in [0.25, 0.3) is 5.91 Å². The van der Waals surface area contributed by atoms with Crippen molar-refractivity contribution in [3.8, 4) is 0 Å². The van der Waals surface area contributed by atoms with E-state index in [2.05, 4.69) is 20.9 Å². The van der Waals surface area contributed by atoms with Gasteiger partial charge < -0.3 is 9.47 Å². The molecule has 7 heteroatoms. The first kappa shape index (κ1) is 17.1. The zero-order valence-corrected chi connectivity index (χ0v) is 16.1. The van der Waals surface area contributed by atoms with E-state index in [9.17, 15) is 4.79 Å². The van der Waals surface area contributed by atoms with Gasteiger partial charge in [0.1, 0.15) is 19.5 Å². The second-order valence-corrected chi connectivity index (χ2v) is 7.61. The SMILES string of the molecule is O=C(C1=COCCO1)N(Cc1ccccc1)c1nc2ccc(Br)cc2s1. The molecule has 0 saturated heterocycles. The van der Waals surface area contributed by atoms with E-state index in [1.54, 1.807) is 4.90 Å². The van der Waals surface area contributed by atoms with Crippen LogP contribution < -0.4 is 4.90 Å². The zero-order valence-electron chi connectivity index (χ0n) is 13.7. The van der Waals surface area contributed by atoms with Crippen molar-refractivity contribution in [1.82, 2.24) is 4.98 Å². The van der Waals surface area contributed by atoms with Crippen molar-refractivity contribution in [3.63, 3.8) is 0 Å². The molecule has 3 aromatic rings. The minimum atomic E-state index is -0.258. The summed E-state index contributed by atoms with van der Waals surface area (Å²) in [6, 6.07) is 15.7. The molecule has 26 heavy (non-hydrogen) atoms. The van der Waals surface area contributed by atoms with Crippen LogP contribution in [0.2, 0.25) is 0 Å². The van der Waals surface area contributed by atoms with E-state index in [4.69, 9.17) is 9.47 Å². The van der Waals surface area contributed by atoms with Gasteiger partial charge in [0.15, 0.2) is 5.13 Å². The number of benzene rings is 2. The number of hydrogen-bond donors (Lipinski definition) is 0. The number of ether oxygens (including phenoxy) is 2. The summed E-state index contributed by atoms with van der Waals surface area (Å²) in [6.45, 7) is 1.22. The van der Waals surface area contributed by atoms with Gasteiger partial charge in [-0.1, -0.05) is 57.6 Å². The van der Waals surface area contributed by atoms with E-state index >= 15 is 0 Å². The number of fused-ring (bicyclic) bond motifs is 1. The third kappa shape index (κ3) is 3.59. The lowest BCUT2D eigenvalue weighted by Gasteiger charge is -2.23. The molecule has 2 heterocycles. The molecule has 0 spiro atoms. The Morgan fingerprint density at radius 1 is 1.19 bits per heavy atom. The van der Waals surface area contributed by atoms with E-state index in [0.29, 0.717) is 24.9 Å². The maximum Gasteiger partial charge on any atom is 0.298 e. The van der Waals surface area contributed by atoms with Crippen molar-refractivity contribution in [3.05, 3.63) is 70.6 Å². The van der Waals surface area contributed by atoms with Crippen LogP contribution in [-0.4, -0.2) is 24.1 Å². The highest BCUT2D eigenvalue weighted by Gasteiger charge is 2.26. The summed E-state index contributed by atoms with van der Waals surface area (Å²) in [6.07, 6.45) is 1.38. The van der Waals surface area contributed by atoms with E-state index in [1.807, 2.05) is 48.5 Å². The molecule has 0 N–H and O–H groups in total. The first-order valence-electron chi connectivity index (χ1n) is 8.07. The normalized spacial score (nSPS) is 13.7. The van der Waals surface area contributed by atoms with Gasteiger partial charge in [-0.2, -0.15) is 0 Å². The highest BCUT2D eigenvalue weighted by atomic mass is 79.9. The molecule has 0 bridgehead atoms. The summed E-state index contributed by atoms with van der Waals surface area (Å²) in [7, 11) is 0. The third-order valence-corrected chi connectivity index (χ3v) is 5.39. The standard InChI is InChI=1S/C19H15BrN2O3S/c20-14-6-7-15-17(10-14)26-19(21-15)22(11-13-4-2-1-3-5-13)18(23)16-12-24-8-9-25-16/h1-7,10,12H,8-9,11H2. The zero-order chi connectivity index (χ0) is 17.9. The molecular weight excluding hydrogens is 416 g/mol. The second kappa shape index (κ2) is 7.47. The fourth-order valence-electron chi connectivity index (χ4n) is 2.61. The second-order valence-electron chi connectivity index (χ2n) is 5.69. The van der Waals surface area contributed by atoms with Gasteiger partial charge >= 0.3 is 0 Å². The van der Waals surface area contributed by atoms with Crippen LogP contribution in [-0.2, 0) is 20.8 Å². The maximum absolute atomic E-state index is 13.1. The number of anilines is 1. The van der Waals surface area contributed by atoms with Crippen molar-refractivity contribution in [1.29, 1.82) is 0 Å². The van der Waals surface area contributed by atoms with E-state index in [0.717, 1.165) is 20.3 Å². The number of aromatic nitrogens is 1. The van der Waals surface area contributed by atoms with Gasteiger partial charge in [-0.3, -0.25) is 9.69 Å². The highest BCUT2D eigenvalue weighted by molar-refractivity contribution is 9.10. The molecule has 0 unspecified atom stereocenters. The van der Waals surface area contributed by atoms with Gasteiger partial charge in [0.05, 0.1) is 16.8 Å². The molecule has 0 fully saturated rings. The number of thiazole rings is 1. The fraction of sp³-hybridized carbons (Fsp3) is 0.158. The molecule has 5 nitrogen and oxygen atoms in total. The molecule has 2 aromatic carbocycles. The minimum Gasteiger partial charge on any atom is -0.494 e. The first-order valence-corrected chi connectivity index (χ1v) is 9.68. The van der Waals surface area contributed by atoms with Crippen molar-refractivity contribution < 1.29 is 14.3 Å². The quantitative estimate of drug-likeness (QED) is 0.612. The van der Waals surface area contributed by atoms with E-state index in [1.165, 1.54) is 17.6 Å². The smallest absolute Gasteiger partial charge is 0.298 e. The van der Waals surface area contributed by atoms with Gasteiger partial charge in [-0.05, 0) is 23.8 Å². The monoisotopic (exact) mass is 430 g/mol. The van der Waals surface area contributed by atoms with Crippen molar-refractivity contribution in [2.45, 2.75) is 6.54 Å². The molecule has 1 aliphatic rings. The first-order chi connectivity index (χ1) is 12.7. The third-order valence-electron chi connectivity index (χ3n) is 3.86. The Morgan fingerprint density at radius 3 is 2.81 bits per heavy atom. The average Bonchev–Trinajstić information content (AvgIpc) is 3.10. The Bertz CT molecular complexity index is 971. The lowest BCUT2D eigenvalue weighted by Crippen LogP contribution is -2.33. The van der Waals surface area contributed by atoms with Crippen molar-refractivity contribution >= 4 is 48.5 Å². The number of rotatable bonds is 4. The Morgan fingerprint density at radius 2 is 2.04 bits per heavy atom. The Kier molecular flexibility index (Phi) is 4.90. The largest absolute Gasteiger partial charge is 0.494 e. The van der Waals surface area contributed by atoms with Gasteiger partial charge in [0.2, 0.25) is 5.76 Å². The molecule has 132 valence electrons. The summed E-state index contributed by atoms with van der Waals surface area (Å²) in [5.41, 5.74) is 1.87. The molecule has 1 aromatic heterocycles. The number of hydrogen-bond acceptors (Lipinski definition) is 5. The van der Waals surface area contributed by atoms with Crippen LogP contribution in [0.1, 0.15) is 5.56 Å². The lowest BCUT2D eigenvalue weighted by molar-refractivity contribution is -0.119. The fourth-order valence-corrected chi connectivity index (χ4v) is 4.12. The molecule has 0 saturated carbocycles. The Balaban J connectivity index is 1.73. The van der Waals surface area contributed by atoms with Crippen LogP contribution in [0.25, 0.3) is 10.2 Å². The average molecular weight is 431 g/mol. The van der Waals surface area contributed by atoms with E-state index in [-0.39, 0.29) is 11.7 Å². The molecule has 1 amide bonds. The molecule has 1 aliphatic heterocycles. The summed E-state index contributed by atoms with van der Waals surface area (Å²) in [5, 5.41) is 0.627. The summed E-state index contributed by atoms with van der Waals surface area (Å²) >= 11 is 4.95. The number of carbonyl (C=O) groups is 1. The van der Waals surface area contributed by atoms with Gasteiger partial charge in [-0.25, -0.2) is 4.98 Å². The van der Waals surface area contributed by atoms with E-state index < -0.39 is 0 Å². The predicted molar refractivity (Wildman–Crippen MR) is 105 cm³/mol. The van der Waals surface area contributed by atoms with Crippen molar-refractivity contribution in [2.24, 2.45) is 0 Å². The topological polar surface area (TPSA) is 51.7 Å². The van der Waals surface area contributed by atoms with Crippen LogP contribution >= 0.6 is 27.3 Å². The van der Waals surface area contributed by atoms with Crippen LogP contribution in [0, 0.1) is 0 Å². The van der Waals surface area contributed by atoms with Crippen LogP contribution in [0.4, 0.5) is 5.13 Å². The lowest BCUT2D eigenvalue weighted by atomic mass is 10.2.